The van der Waals surface area contributed by atoms with Gasteiger partial charge in [0.15, 0.2) is 0 Å². The minimum Gasteiger partial charge on any atom is -0.364 e. The summed E-state index contributed by atoms with van der Waals surface area (Å²) in [4.78, 5) is 0. The van der Waals surface area contributed by atoms with Crippen molar-refractivity contribution < 1.29 is 0 Å². The molecule has 3 rings (SSSR count). The Kier molecular flexibility index (Phi) is 2.34. The van der Waals surface area contributed by atoms with E-state index >= 15 is 0 Å². The Labute approximate surface area is 104 Å². The fraction of sp³-hybridized carbons (Fsp3) is 0.167. The van der Waals surface area contributed by atoms with Gasteiger partial charge in [0, 0.05) is 0 Å². The highest BCUT2D eigenvalue weighted by Crippen LogP contribution is 2.38. The van der Waals surface area contributed by atoms with E-state index in [1.54, 1.807) is 0 Å². The van der Waals surface area contributed by atoms with Crippen LogP contribution in [0, 0.1) is 0 Å². The lowest BCUT2D eigenvalue weighted by Gasteiger charge is -2.26. The second kappa shape index (κ2) is 3.72. The molecule has 0 saturated heterocycles. The zero-order chi connectivity index (χ0) is 11.1. The molecule has 4 heteroatoms. The number of nitrogens with one attached hydrogen (secondary N) is 2. The molecule has 2 aliphatic heterocycles. The summed E-state index contributed by atoms with van der Waals surface area (Å²) in [5, 5.41) is 6.46. The van der Waals surface area contributed by atoms with Gasteiger partial charge in [0.2, 0.25) is 0 Å². The molecule has 0 fully saturated rings. The molecule has 0 spiro atoms. The van der Waals surface area contributed by atoms with Crippen molar-refractivity contribution in [2.75, 3.05) is 10.6 Å². The van der Waals surface area contributed by atoms with Gasteiger partial charge in [-0.2, -0.15) is 0 Å². The minimum atomic E-state index is -0.166. The Morgan fingerprint density at radius 3 is 1.69 bits per heavy atom. The van der Waals surface area contributed by atoms with Crippen LogP contribution in [0.1, 0.15) is 11.1 Å². The summed E-state index contributed by atoms with van der Waals surface area (Å²) in [6.07, 6.45) is 7.89. The summed E-state index contributed by atoms with van der Waals surface area (Å²) in [6.45, 7) is 0. The summed E-state index contributed by atoms with van der Waals surface area (Å²) in [6, 6.07) is 4.14. The second-order valence-corrected chi connectivity index (χ2v) is 4.74. The van der Waals surface area contributed by atoms with E-state index in [0.717, 1.165) is 22.5 Å². The van der Waals surface area contributed by atoms with Crippen molar-refractivity contribution in [2.24, 2.45) is 0 Å². The smallest absolute Gasteiger partial charge is 0.120 e. The van der Waals surface area contributed by atoms with Gasteiger partial charge in [-0.1, -0.05) is 47.5 Å². The van der Waals surface area contributed by atoms with E-state index in [9.17, 15) is 0 Å². The van der Waals surface area contributed by atoms with Crippen LogP contribution in [-0.4, -0.2) is 11.0 Å². The SMILES string of the molecule is ClC1C=Cc2ccc3c(c2N1)NC(Cl)C=C3. The molecule has 2 unspecified atom stereocenters. The summed E-state index contributed by atoms with van der Waals surface area (Å²) in [7, 11) is 0. The van der Waals surface area contributed by atoms with Crippen molar-refractivity contribution in [2.45, 2.75) is 11.0 Å². The van der Waals surface area contributed by atoms with Gasteiger partial charge < -0.3 is 10.6 Å². The van der Waals surface area contributed by atoms with Crippen LogP contribution in [0.4, 0.5) is 11.4 Å². The fourth-order valence-electron chi connectivity index (χ4n) is 1.97. The molecule has 0 radical (unpaired) electrons. The van der Waals surface area contributed by atoms with Crippen LogP contribution >= 0.6 is 23.2 Å². The first kappa shape index (κ1) is 10.1. The molecular weight excluding hydrogens is 243 g/mol. The molecule has 0 bridgehead atoms. The predicted octanol–water partition coefficient (Wildman–Crippen LogP) is 3.69. The number of anilines is 2. The van der Waals surface area contributed by atoms with Gasteiger partial charge in [0.25, 0.3) is 0 Å². The quantitative estimate of drug-likeness (QED) is 0.544. The third-order valence-electron chi connectivity index (χ3n) is 2.72. The summed E-state index contributed by atoms with van der Waals surface area (Å²) in [5.74, 6) is 0. The molecule has 2 heterocycles. The van der Waals surface area contributed by atoms with Gasteiger partial charge in [0.1, 0.15) is 11.0 Å². The van der Waals surface area contributed by atoms with Crippen LogP contribution in [0.5, 0.6) is 0 Å². The third-order valence-corrected chi connectivity index (χ3v) is 3.23. The highest BCUT2D eigenvalue weighted by molar-refractivity contribution is 6.25. The van der Waals surface area contributed by atoms with E-state index < -0.39 is 0 Å². The van der Waals surface area contributed by atoms with Crippen LogP contribution in [0.2, 0.25) is 0 Å². The number of fused-ring (bicyclic) bond motifs is 3. The molecule has 2 aliphatic rings. The standard InChI is InChI=1S/C12H10Cl2N2/c13-9-5-3-7-1-2-8-4-6-10(14)16-12(8)11(7)15-9/h1-6,9-10,15-16H. The van der Waals surface area contributed by atoms with Crippen LogP contribution in [-0.2, 0) is 0 Å². The lowest BCUT2D eigenvalue weighted by Crippen LogP contribution is -2.20. The number of halogens is 2. The van der Waals surface area contributed by atoms with E-state index in [1.807, 2.05) is 24.3 Å². The van der Waals surface area contributed by atoms with E-state index in [4.69, 9.17) is 23.2 Å². The van der Waals surface area contributed by atoms with Gasteiger partial charge >= 0.3 is 0 Å². The lowest BCUT2D eigenvalue weighted by atomic mass is 10.0. The first-order chi connectivity index (χ1) is 7.74. The average molecular weight is 253 g/mol. The molecule has 2 atom stereocenters. The van der Waals surface area contributed by atoms with Crippen molar-refractivity contribution >= 4 is 46.7 Å². The van der Waals surface area contributed by atoms with E-state index in [1.165, 1.54) is 0 Å². The molecule has 82 valence electrons. The summed E-state index contributed by atoms with van der Waals surface area (Å²) < 4.78 is 0. The Bertz CT molecular complexity index is 449. The molecule has 0 amide bonds. The van der Waals surface area contributed by atoms with Crippen LogP contribution < -0.4 is 10.6 Å². The van der Waals surface area contributed by atoms with Crippen molar-refractivity contribution in [1.29, 1.82) is 0 Å². The van der Waals surface area contributed by atoms with Crippen molar-refractivity contribution in [3.8, 4) is 0 Å². The minimum absolute atomic E-state index is 0.166. The molecule has 16 heavy (non-hydrogen) atoms. The zero-order valence-corrected chi connectivity index (χ0v) is 9.89. The summed E-state index contributed by atoms with van der Waals surface area (Å²) in [5.41, 5.74) is 3.97. The number of benzene rings is 1. The third kappa shape index (κ3) is 1.58. The molecule has 2 N–H and O–H groups in total. The van der Waals surface area contributed by atoms with Gasteiger partial charge in [-0.05, 0) is 23.3 Å². The zero-order valence-electron chi connectivity index (χ0n) is 8.37. The Balaban J connectivity index is 2.16. The van der Waals surface area contributed by atoms with Crippen molar-refractivity contribution in [3.05, 3.63) is 35.4 Å². The van der Waals surface area contributed by atoms with Crippen LogP contribution in [0.3, 0.4) is 0 Å². The highest BCUT2D eigenvalue weighted by Gasteiger charge is 2.19. The first-order valence-electron chi connectivity index (χ1n) is 5.09. The Morgan fingerprint density at radius 2 is 1.25 bits per heavy atom. The fourth-order valence-corrected chi connectivity index (χ4v) is 2.34. The van der Waals surface area contributed by atoms with Gasteiger partial charge in [-0.3, -0.25) is 0 Å². The van der Waals surface area contributed by atoms with E-state index in [0.29, 0.717) is 0 Å². The van der Waals surface area contributed by atoms with Crippen LogP contribution in [0.25, 0.3) is 12.2 Å². The monoisotopic (exact) mass is 252 g/mol. The van der Waals surface area contributed by atoms with Gasteiger partial charge in [-0.25, -0.2) is 0 Å². The molecule has 0 aliphatic carbocycles. The van der Waals surface area contributed by atoms with Crippen LogP contribution in [0.15, 0.2) is 24.3 Å². The average Bonchev–Trinajstić information content (AvgIpc) is 2.29. The molecule has 0 aromatic heterocycles. The first-order valence-corrected chi connectivity index (χ1v) is 5.96. The summed E-state index contributed by atoms with van der Waals surface area (Å²) >= 11 is 12.1. The Hall–Kier alpha value is -1.12. The second-order valence-electron chi connectivity index (χ2n) is 3.80. The Morgan fingerprint density at radius 1 is 0.812 bits per heavy atom. The number of hydrogen-bond acceptors (Lipinski definition) is 2. The highest BCUT2D eigenvalue weighted by atomic mass is 35.5. The molecular formula is C12H10Cl2N2. The van der Waals surface area contributed by atoms with Gasteiger partial charge in [0.05, 0.1) is 11.4 Å². The normalized spacial score (nSPS) is 25.4. The number of hydrogen-bond donors (Lipinski definition) is 2. The van der Waals surface area contributed by atoms with Crippen molar-refractivity contribution in [1.82, 2.24) is 0 Å². The van der Waals surface area contributed by atoms with E-state index in [-0.39, 0.29) is 11.0 Å². The maximum atomic E-state index is 6.05. The maximum absolute atomic E-state index is 6.05. The predicted molar refractivity (Wildman–Crippen MR) is 71.0 cm³/mol. The number of alkyl halides is 2. The largest absolute Gasteiger partial charge is 0.364 e. The van der Waals surface area contributed by atoms with Gasteiger partial charge in [-0.15, -0.1) is 0 Å². The maximum Gasteiger partial charge on any atom is 0.120 e. The molecule has 1 aromatic rings. The lowest BCUT2D eigenvalue weighted by molar-refractivity contribution is 1.17. The molecule has 2 nitrogen and oxygen atoms in total. The topological polar surface area (TPSA) is 24.1 Å². The molecule has 1 aromatic carbocycles. The van der Waals surface area contributed by atoms with E-state index in [2.05, 4.69) is 22.8 Å². The van der Waals surface area contributed by atoms with Crippen molar-refractivity contribution in [3.63, 3.8) is 0 Å². The molecule has 0 saturated carbocycles. The number of rotatable bonds is 0.